The smallest absolute Gasteiger partial charge is 0.251 e. The van der Waals surface area contributed by atoms with Crippen molar-refractivity contribution in [1.82, 2.24) is 5.32 Å². The van der Waals surface area contributed by atoms with Crippen LogP contribution in [-0.4, -0.2) is 23.9 Å². The first-order chi connectivity index (χ1) is 11.2. The van der Waals surface area contributed by atoms with Crippen LogP contribution >= 0.6 is 12.4 Å². The van der Waals surface area contributed by atoms with Crippen LogP contribution in [0.15, 0.2) is 24.3 Å². The molecule has 1 aliphatic rings. The number of amides is 2. The number of hydrogen-bond acceptors (Lipinski definition) is 3. The standard InChI is InChI=1S/C19H29N3O2.ClH/c1-12(2)10-19(4,11-20)22-17(23)14-6-5-7-15(9-14)21-18(24)16-8-13(16)3;/h5-7,9,12-13,16H,8,10-11,20H2,1-4H3,(H,21,24)(H,22,23);1H. The van der Waals surface area contributed by atoms with Gasteiger partial charge in [0.25, 0.3) is 5.91 Å². The molecule has 0 aliphatic heterocycles. The van der Waals surface area contributed by atoms with Crippen molar-refractivity contribution >= 4 is 29.9 Å². The molecule has 140 valence electrons. The molecular formula is C19H30ClN3O2. The van der Waals surface area contributed by atoms with Crippen molar-refractivity contribution < 1.29 is 9.59 Å². The van der Waals surface area contributed by atoms with Gasteiger partial charge in [0.2, 0.25) is 5.91 Å². The first kappa shape index (κ1) is 21.5. The number of benzene rings is 1. The van der Waals surface area contributed by atoms with Gasteiger partial charge in [-0.1, -0.05) is 26.8 Å². The quantitative estimate of drug-likeness (QED) is 0.691. The minimum Gasteiger partial charge on any atom is -0.346 e. The van der Waals surface area contributed by atoms with E-state index in [1.807, 2.05) is 6.92 Å². The fourth-order valence-electron chi connectivity index (χ4n) is 3.09. The second-order valence-electron chi connectivity index (χ2n) is 7.71. The van der Waals surface area contributed by atoms with E-state index in [0.29, 0.717) is 29.6 Å². The summed E-state index contributed by atoms with van der Waals surface area (Å²) in [5.41, 5.74) is 6.61. The normalized spacial score (nSPS) is 21.0. The zero-order valence-corrected chi connectivity index (χ0v) is 16.3. The number of halogens is 1. The third kappa shape index (κ3) is 6.01. The summed E-state index contributed by atoms with van der Waals surface area (Å²) in [4.78, 5) is 24.6. The molecule has 4 N–H and O–H groups in total. The van der Waals surface area contributed by atoms with Crippen LogP contribution < -0.4 is 16.4 Å². The third-order valence-electron chi connectivity index (χ3n) is 4.56. The second-order valence-corrected chi connectivity index (χ2v) is 7.71. The maximum absolute atomic E-state index is 12.6. The summed E-state index contributed by atoms with van der Waals surface area (Å²) in [6, 6.07) is 7.05. The van der Waals surface area contributed by atoms with Gasteiger partial charge >= 0.3 is 0 Å². The molecule has 6 heteroatoms. The highest BCUT2D eigenvalue weighted by molar-refractivity contribution is 5.98. The van der Waals surface area contributed by atoms with Gasteiger partial charge in [-0.15, -0.1) is 12.4 Å². The van der Waals surface area contributed by atoms with Crippen LogP contribution in [0.3, 0.4) is 0 Å². The Balaban J connectivity index is 0.00000312. The van der Waals surface area contributed by atoms with Gasteiger partial charge in [0.05, 0.1) is 0 Å². The predicted molar refractivity (Wildman–Crippen MR) is 104 cm³/mol. The topological polar surface area (TPSA) is 84.2 Å². The third-order valence-corrected chi connectivity index (χ3v) is 4.56. The average molecular weight is 368 g/mol. The van der Waals surface area contributed by atoms with E-state index in [4.69, 9.17) is 5.73 Å². The van der Waals surface area contributed by atoms with Crippen molar-refractivity contribution in [3.63, 3.8) is 0 Å². The monoisotopic (exact) mass is 367 g/mol. The van der Waals surface area contributed by atoms with E-state index < -0.39 is 5.54 Å². The van der Waals surface area contributed by atoms with Crippen molar-refractivity contribution in [2.24, 2.45) is 23.5 Å². The Bertz CT molecular complexity index is 620. The van der Waals surface area contributed by atoms with Gasteiger partial charge in [-0.05, 0) is 49.8 Å². The van der Waals surface area contributed by atoms with Crippen LogP contribution in [0.25, 0.3) is 0 Å². The summed E-state index contributed by atoms with van der Waals surface area (Å²) in [6.45, 7) is 8.62. The molecule has 3 atom stereocenters. The van der Waals surface area contributed by atoms with Gasteiger partial charge < -0.3 is 16.4 Å². The molecule has 0 spiro atoms. The Hall–Kier alpha value is -1.59. The number of nitrogens with one attached hydrogen (secondary N) is 2. The number of anilines is 1. The first-order valence-electron chi connectivity index (χ1n) is 8.67. The highest BCUT2D eigenvalue weighted by Crippen LogP contribution is 2.38. The van der Waals surface area contributed by atoms with Crippen molar-refractivity contribution in [1.29, 1.82) is 0 Å². The van der Waals surface area contributed by atoms with Crippen LogP contribution in [0, 0.1) is 17.8 Å². The summed E-state index contributed by atoms with van der Waals surface area (Å²) in [5.74, 6) is 0.864. The van der Waals surface area contributed by atoms with Gasteiger partial charge in [0.15, 0.2) is 0 Å². The Morgan fingerprint density at radius 3 is 2.52 bits per heavy atom. The van der Waals surface area contributed by atoms with Gasteiger partial charge in [0, 0.05) is 29.3 Å². The molecular weight excluding hydrogens is 338 g/mol. The van der Waals surface area contributed by atoms with Crippen molar-refractivity contribution in [3.8, 4) is 0 Å². The van der Waals surface area contributed by atoms with Gasteiger partial charge in [-0.2, -0.15) is 0 Å². The van der Waals surface area contributed by atoms with E-state index in [0.717, 1.165) is 12.8 Å². The molecule has 1 aliphatic carbocycles. The molecule has 2 amide bonds. The molecule has 0 bridgehead atoms. The van der Waals surface area contributed by atoms with E-state index in [1.54, 1.807) is 24.3 Å². The molecule has 3 unspecified atom stereocenters. The second kappa shape index (κ2) is 8.68. The van der Waals surface area contributed by atoms with Crippen LogP contribution in [-0.2, 0) is 4.79 Å². The fraction of sp³-hybridized carbons (Fsp3) is 0.579. The lowest BCUT2D eigenvalue weighted by atomic mass is 9.90. The van der Waals surface area contributed by atoms with E-state index in [-0.39, 0.29) is 30.1 Å². The van der Waals surface area contributed by atoms with Gasteiger partial charge in [-0.25, -0.2) is 0 Å². The van der Waals surface area contributed by atoms with Crippen molar-refractivity contribution in [2.75, 3.05) is 11.9 Å². The summed E-state index contributed by atoms with van der Waals surface area (Å²) in [7, 11) is 0. The van der Waals surface area contributed by atoms with E-state index >= 15 is 0 Å². The molecule has 1 aromatic carbocycles. The molecule has 0 heterocycles. The Kier molecular flexibility index (Phi) is 7.44. The van der Waals surface area contributed by atoms with E-state index in [9.17, 15) is 9.59 Å². The fourth-order valence-corrected chi connectivity index (χ4v) is 3.09. The zero-order chi connectivity index (χ0) is 17.9. The number of carbonyl (C=O) groups is 2. The Morgan fingerprint density at radius 2 is 2.00 bits per heavy atom. The molecule has 5 nitrogen and oxygen atoms in total. The zero-order valence-electron chi connectivity index (χ0n) is 15.5. The molecule has 0 saturated heterocycles. The highest BCUT2D eigenvalue weighted by atomic mass is 35.5. The molecule has 0 radical (unpaired) electrons. The van der Waals surface area contributed by atoms with Crippen molar-refractivity contribution in [3.05, 3.63) is 29.8 Å². The number of carbonyl (C=O) groups excluding carboxylic acids is 2. The molecule has 0 aromatic heterocycles. The lowest BCUT2D eigenvalue weighted by Crippen LogP contribution is -2.52. The lowest BCUT2D eigenvalue weighted by Gasteiger charge is -2.31. The first-order valence-corrected chi connectivity index (χ1v) is 8.67. The maximum Gasteiger partial charge on any atom is 0.251 e. The molecule has 2 rings (SSSR count). The summed E-state index contributed by atoms with van der Waals surface area (Å²) in [5, 5.41) is 5.93. The van der Waals surface area contributed by atoms with Crippen molar-refractivity contribution in [2.45, 2.75) is 46.1 Å². The Labute approximate surface area is 156 Å². The van der Waals surface area contributed by atoms with Crippen LogP contribution in [0.4, 0.5) is 5.69 Å². The van der Waals surface area contributed by atoms with Crippen LogP contribution in [0.1, 0.15) is 50.9 Å². The SMILES string of the molecule is CC(C)CC(C)(CN)NC(=O)c1cccc(NC(=O)C2CC2C)c1.Cl. The van der Waals surface area contributed by atoms with E-state index in [2.05, 4.69) is 31.4 Å². The summed E-state index contributed by atoms with van der Waals surface area (Å²) < 4.78 is 0. The van der Waals surface area contributed by atoms with Gasteiger partial charge in [-0.3, -0.25) is 9.59 Å². The molecule has 1 fully saturated rings. The van der Waals surface area contributed by atoms with E-state index in [1.165, 1.54) is 0 Å². The average Bonchev–Trinajstić information content (AvgIpc) is 3.24. The van der Waals surface area contributed by atoms with Crippen LogP contribution in [0.2, 0.25) is 0 Å². The minimum atomic E-state index is -0.437. The Morgan fingerprint density at radius 1 is 1.36 bits per heavy atom. The summed E-state index contributed by atoms with van der Waals surface area (Å²) in [6.07, 6.45) is 1.75. The minimum absolute atomic E-state index is 0. The molecule has 1 saturated carbocycles. The lowest BCUT2D eigenvalue weighted by molar-refractivity contribution is -0.117. The highest BCUT2D eigenvalue weighted by Gasteiger charge is 2.39. The largest absolute Gasteiger partial charge is 0.346 e. The maximum atomic E-state index is 12.6. The summed E-state index contributed by atoms with van der Waals surface area (Å²) >= 11 is 0. The predicted octanol–water partition coefficient (Wildman–Crippen LogP) is 3.20. The molecule has 25 heavy (non-hydrogen) atoms. The van der Waals surface area contributed by atoms with Gasteiger partial charge in [0.1, 0.15) is 0 Å². The number of rotatable bonds is 7. The van der Waals surface area contributed by atoms with Crippen LogP contribution in [0.5, 0.6) is 0 Å². The number of hydrogen-bond donors (Lipinski definition) is 3. The number of nitrogens with two attached hydrogens (primary N) is 1. The molecule has 1 aromatic rings.